The Morgan fingerprint density at radius 2 is 1.93 bits per heavy atom. The van der Waals surface area contributed by atoms with Crippen molar-refractivity contribution in [2.75, 3.05) is 10.6 Å². The molecule has 8 heteroatoms. The number of nitrogens with zero attached hydrogens (tertiary/aromatic N) is 2. The number of nitrogens with one attached hydrogen (secondary N) is 2. The topological polar surface area (TPSA) is 85.3 Å². The van der Waals surface area contributed by atoms with Gasteiger partial charge in [0.2, 0.25) is 0 Å². The van der Waals surface area contributed by atoms with Gasteiger partial charge in [-0.05, 0) is 63.2 Å². The summed E-state index contributed by atoms with van der Waals surface area (Å²) in [6.45, 7) is 5.18. The lowest BCUT2D eigenvalue weighted by Crippen LogP contribution is -2.34. The van der Waals surface area contributed by atoms with Crippen molar-refractivity contribution < 1.29 is 18.7 Å². The molecule has 0 aliphatic carbocycles. The molecule has 0 spiro atoms. The molecule has 1 aromatic heterocycles. The maximum atomic E-state index is 13.2. The summed E-state index contributed by atoms with van der Waals surface area (Å²) in [5.41, 5.74) is 3.29. The zero-order chi connectivity index (χ0) is 20.7. The van der Waals surface area contributed by atoms with E-state index in [1.54, 1.807) is 55.8 Å². The van der Waals surface area contributed by atoms with E-state index in [0.29, 0.717) is 39.8 Å². The predicted octanol–water partition coefficient (Wildman–Crippen LogP) is 3.60. The van der Waals surface area contributed by atoms with E-state index in [4.69, 9.17) is 4.74 Å². The van der Waals surface area contributed by atoms with Crippen LogP contribution in [0.5, 0.6) is 5.75 Å². The fourth-order valence-corrected chi connectivity index (χ4v) is 3.29. The number of anilines is 2. The molecule has 148 valence electrons. The van der Waals surface area contributed by atoms with Crippen molar-refractivity contribution in [3.8, 4) is 11.4 Å². The highest BCUT2D eigenvalue weighted by Crippen LogP contribution is 2.32. The zero-order valence-electron chi connectivity index (χ0n) is 16.1. The summed E-state index contributed by atoms with van der Waals surface area (Å²) in [6.07, 6.45) is -0.564. The molecule has 1 aliphatic rings. The van der Waals surface area contributed by atoms with E-state index in [1.807, 2.05) is 0 Å². The Labute approximate surface area is 166 Å². The highest BCUT2D eigenvalue weighted by Gasteiger charge is 2.24. The number of fused-ring (bicyclic) bond motifs is 1. The minimum absolute atomic E-state index is 0.242. The third-order valence-corrected chi connectivity index (χ3v) is 4.76. The third kappa shape index (κ3) is 3.44. The first kappa shape index (κ1) is 18.7. The molecule has 1 aliphatic heterocycles. The largest absolute Gasteiger partial charge is 0.479 e. The summed E-state index contributed by atoms with van der Waals surface area (Å²) < 4.78 is 20.3. The van der Waals surface area contributed by atoms with Crippen molar-refractivity contribution >= 4 is 23.2 Å². The molecule has 29 heavy (non-hydrogen) atoms. The number of amides is 2. The molecule has 2 N–H and O–H groups in total. The second kappa shape index (κ2) is 7.05. The fourth-order valence-electron chi connectivity index (χ4n) is 3.29. The third-order valence-electron chi connectivity index (χ3n) is 4.76. The van der Waals surface area contributed by atoms with Gasteiger partial charge >= 0.3 is 0 Å². The molecule has 1 atom stereocenters. The molecule has 2 heterocycles. The van der Waals surface area contributed by atoms with Crippen LogP contribution in [0, 0.1) is 19.7 Å². The predicted molar refractivity (Wildman–Crippen MR) is 106 cm³/mol. The fraction of sp³-hybridized carbons (Fsp3) is 0.190. The molecule has 0 unspecified atom stereocenters. The van der Waals surface area contributed by atoms with Crippen LogP contribution >= 0.6 is 0 Å². The van der Waals surface area contributed by atoms with Crippen molar-refractivity contribution in [3.63, 3.8) is 0 Å². The quantitative estimate of drug-likeness (QED) is 0.711. The Bertz CT molecular complexity index is 1120. The smallest absolute Gasteiger partial charge is 0.265 e. The van der Waals surface area contributed by atoms with Gasteiger partial charge in [-0.2, -0.15) is 5.10 Å². The second-order valence-corrected chi connectivity index (χ2v) is 6.85. The SMILES string of the molecule is Cc1nn(-c2ccc(F)cc2)c(C)c1C(=O)Nc1ccc2c(c1)NC(=O)[C@H](C)O2. The Kier molecular flexibility index (Phi) is 4.54. The van der Waals surface area contributed by atoms with Gasteiger partial charge in [-0.1, -0.05) is 0 Å². The van der Waals surface area contributed by atoms with Gasteiger partial charge in [-0.15, -0.1) is 0 Å². The second-order valence-electron chi connectivity index (χ2n) is 6.85. The molecule has 0 saturated carbocycles. The summed E-state index contributed by atoms with van der Waals surface area (Å²) >= 11 is 0. The number of ether oxygens (including phenoxy) is 1. The van der Waals surface area contributed by atoms with Crippen LogP contribution in [-0.2, 0) is 4.79 Å². The lowest BCUT2D eigenvalue weighted by molar-refractivity contribution is -0.122. The van der Waals surface area contributed by atoms with Crippen molar-refractivity contribution in [2.24, 2.45) is 0 Å². The molecule has 4 rings (SSSR count). The van der Waals surface area contributed by atoms with Gasteiger partial charge in [0, 0.05) is 5.69 Å². The average molecular weight is 394 g/mol. The summed E-state index contributed by atoms with van der Waals surface area (Å²) in [6, 6.07) is 10.9. The molecule has 0 fully saturated rings. The van der Waals surface area contributed by atoms with E-state index in [9.17, 15) is 14.0 Å². The van der Waals surface area contributed by atoms with E-state index < -0.39 is 6.10 Å². The average Bonchev–Trinajstić information content (AvgIpc) is 2.98. The monoisotopic (exact) mass is 394 g/mol. The lowest BCUT2D eigenvalue weighted by Gasteiger charge is -2.23. The molecule has 0 radical (unpaired) electrons. The van der Waals surface area contributed by atoms with Gasteiger partial charge in [-0.25, -0.2) is 9.07 Å². The maximum absolute atomic E-state index is 13.2. The molecule has 3 aromatic rings. The minimum Gasteiger partial charge on any atom is -0.479 e. The van der Waals surface area contributed by atoms with Crippen molar-refractivity contribution in [1.82, 2.24) is 9.78 Å². The van der Waals surface area contributed by atoms with Crippen molar-refractivity contribution in [1.29, 1.82) is 0 Å². The van der Waals surface area contributed by atoms with Crippen molar-refractivity contribution in [3.05, 3.63) is 65.2 Å². The maximum Gasteiger partial charge on any atom is 0.265 e. The Morgan fingerprint density at radius 1 is 1.21 bits per heavy atom. The summed E-state index contributed by atoms with van der Waals surface area (Å²) in [7, 11) is 0. The molecule has 7 nitrogen and oxygen atoms in total. The minimum atomic E-state index is -0.564. The summed E-state index contributed by atoms with van der Waals surface area (Å²) in [4.78, 5) is 24.7. The number of aryl methyl sites for hydroxylation is 1. The Morgan fingerprint density at radius 3 is 2.66 bits per heavy atom. The number of benzene rings is 2. The highest BCUT2D eigenvalue weighted by molar-refractivity contribution is 6.06. The number of hydrogen-bond acceptors (Lipinski definition) is 4. The van der Waals surface area contributed by atoms with Crippen molar-refractivity contribution in [2.45, 2.75) is 26.9 Å². The first-order chi connectivity index (χ1) is 13.8. The number of carbonyl (C=O) groups excluding carboxylic acids is 2. The lowest BCUT2D eigenvalue weighted by atomic mass is 10.1. The molecular formula is C21H19FN4O3. The van der Waals surface area contributed by atoms with Crippen LogP contribution in [0.4, 0.5) is 15.8 Å². The van der Waals surface area contributed by atoms with E-state index in [2.05, 4.69) is 15.7 Å². The van der Waals surface area contributed by atoms with Crippen LogP contribution < -0.4 is 15.4 Å². The normalized spacial score (nSPS) is 15.3. The number of halogens is 1. The van der Waals surface area contributed by atoms with Crippen LogP contribution in [0.15, 0.2) is 42.5 Å². The van der Waals surface area contributed by atoms with E-state index in [1.165, 1.54) is 12.1 Å². The summed E-state index contributed by atoms with van der Waals surface area (Å²) in [5.74, 6) is -0.365. The van der Waals surface area contributed by atoms with Gasteiger partial charge in [0.05, 0.1) is 28.3 Å². The van der Waals surface area contributed by atoms with Gasteiger partial charge in [0.1, 0.15) is 11.6 Å². The van der Waals surface area contributed by atoms with Crippen LogP contribution in [0.3, 0.4) is 0 Å². The molecule has 2 amide bonds. The number of hydrogen-bond donors (Lipinski definition) is 2. The Balaban J connectivity index is 1.60. The number of carbonyl (C=O) groups is 2. The first-order valence-electron chi connectivity index (χ1n) is 9.08. The van der Waals surface area contributed by atoms with Crippen LogP contribution in [0.2, 0.25) is 0 Å². The van der Waals surface area contributed by atoms with E-state index in [0.717, 1.165) is 0 Å². The van der Waals surface area contributed by atoms with Gasteiger partial charge in [0.15, 0.2) is 6.10 Å². The summed E-state index contributed by atoms with van der Waals surface area (Å²) in [5, 5.41) is 10.0. The first-order valence-corrected chi connectivity index (χ1v) is 9.08. The number of aromatic nitrogens is 2. The van der Waals surface area contributed by atoms with E-state index >= 15 is 0 Å². The number of rotatable bonds is 3. The zero-order valence-corrected chi connectivity index (χ0v) is 16.1. The van der Waals surface area contributed by atoms with E-state index in [-0.39, 0.29) is 17.6 Å². The molecular weight excluding hydrogens is 375 g/mol. The van der Waals surface area contributed by atoms with Crippen LogP contribution in [0.25, 0.3) is 5.69 Å². The van der Waals surface area contributed by atoms with Crippen LogP contribution in [-0.4, -0.2) is 27.7 Å². The molecule has 2 aromatic carbocycles. The molecule has 0 saturated heterocycles. The van der Waals surface area contributed by atoms with Gasteiger partial charge in [-0.3, -0.25) is 9.59 Å². The Hall–Kier alpha value is -3.68. The molecule has 0 bridgehead atoms. The van der Waals surface area contributed by atoms with Gasteiger partial charge < -0.3 is 15.4 Å². The highest BCUT2D eigenvalue weighted by atomic mass is 19.1. The standard InChI is InChI=1S/C21H19FN4O3/c1-11-19(12(2)26(25-11)16-7-4-14(22)5-8-16)21(28)23-15-6-9-18-17(10-15)24-20(27)13(3)29-18/h4-10,13H,1-3H3,(H,23,28)(H,24,27)/t13-/m0/s1. The van der Waals surface area contributed by atoms with Gasteiger partial charge in [0.25, 0.3) is 11.8 Å². The van der Waals surface area contributed by atoms with Crippen LogP contribution in [0.1, 0.15) is 28.7 Å².